The minimum atomic E-state index is -0.670. The zero-order valence-electron chi connectivity index (χ0n) is 15.3. The smallest absolute Gasteiger partial charge is 0.315 e. The van der Waals surface area contributed by atoms with E-state index in [1.54, 1.807) is 0 Å². The van der Waals surface area contributed by atoms with Gasteiger partial charge in [0, 0.05) is 13.2 Å². The van der Waals surface area contributed by atoms with Crippen LogP contribution in [0.25, 0.3) is 0 Å². The van der Waals surface area contributed by atoms with Crippen LogP contribution in [0.3, 0.4) is 0 Å². The molecule has 25 heavy (non-hydrogen) atoms. The zero-order valence-corrected chi connectivity index (χ0v) is 15.3. The van der Waals surface area contributed by atoms with Crippen LogP contribution < -0.4 is 10.6 Å². The van der Waals surface area contributed by atoms with Crippen LogP contribution in [0.15, 0.2) is 24.3 Å². The predicted octanol–water partition coefficient (Wildman–Crippen LogP) is 2.79. The minimum Gasteiger partial charge on any atom is -0.389 e. The molecule has 2 aliphatic rings. The maximum atomic E-state index is 12.3. The fourth-order valence-electron chi connectivity index (χ4n) is 3.45. The number of carbonyl (C=O) groups excluding carboxylic acids is 1. The average molecular weight is 346 g/mol. The highest BCUT2D eigenvalue weighted by molar-refractivity contribution is 5.74. The molecule has 5 nitrogen and oxygen atoms in total. The molecular weight excluding hydrogens is 316 g/mol. The van der Waals surface area contributed by atoms with Crippen molar-refractivity contribution < 1.29 is 14.6 Å². The SMILES string of the molecule is CC1(C)CCc2ccccc2C1NC(=O)NCC(O)COCC1CC1. The molecular formula is C20H30N2O3. The zero-order chi connectivity index (χ0) is 17.9. The molecule has 2 aliphatic carbocycles. The Morgan fingerprint density at radius 3 is 2.88 bits per heavy atom. The molecule has 5 heteroatoms. The number of fused-ring (bicyclic) bond motifs is 1. The highest BCUT2D eigenvalue weighted by Gasteiger charge is 2.36. The van der Waals surface area contributed by atoms with E-state index in [9.17, 15) is 9.90 Å². The van der Waals surface area contributed by atoms with Gasteiger partial charge in [-0.05, 0) is 48.1 Å². The number of hydrogen-bond acceptors (Lipinski definition) is 3. The summed E-state index contributed by atoms with van der Waals surface area (Å²) in [6.07, 6.45) is 3.87. The van der Waals surface area contributed by atoms with Gasteiger partial charge in [0.25, 0.3) is 0 Å². The van der Waals surface area contributed by atoms with Crippen molar-refractivity contribution in [3.8, 4) is 0 Å². The van der Waals surface area contributed by atoms with Crippen molar-refractivity contribution >= 4 is 6.03 Å². The van der Waals surface area contributed by atoms with Crippen molar-refractivity contribution in [2.24, 2.45) is 11.3 Å². The van der Waals surface area contributed by atoms with Gasteiger partial charge in [-0.15, -0.1) is 0 Å². The second-order valence-electron chi connectivity index (χ2n) is 8.11. The van der Waals surface area contributed by atoms with Gasteiger partial charge in [-0.2, -0.15) is 0 Å². The van der Waals surface area contributed by atoms with E-state index in [-0.39, 0.29) is 30.6 Å². The number of rotatable bonds is 7. The molecule has 0 radical (unpaired) electrons. The van der Waals surface area contributed by atoms with Gasteiger partial charge >= 0.3 is 6.03 Å². The highest BCUT2D eigenvalue weighted by atomic mass is 16.5. The second kappa shape index (κ2) is 7.75. The Balaban J connectivity index is 1.49. The molecule has 3 N–H and O–H groups in total. The molecule has 2 amide bonds. The average Bonchev–Trinajstić information content (AvgIpc) is 3.40. The first-order chi connectivity index (χ1) is 12.0. The molecule has 2 unspecified atom stereocenters. The quantitative estimate of drug-likeness (QED) is 0.711. The van der Waals surface area contributed by atoms with E-state index in [1.165, 1.54) is 24.0 Å². The van der Waals surface area contributed by atoms with Crippen molar-refractivity contribution in [2.45, 2.75) is 51.7 Å². The lowest BCUT2D eigenvalue weighted by Crippen LogP contribution is -2.47. The fraction of sp³-hybridized carbons (Fsp3) is 0.650. The number of aliphatic hydroxyl groups is 1. The van der Waals surface area contributed by atoms with E-state index >= 15 is 0 Å². The van der Waals surface area contributed by atoms with Crippen molar-refractivity contribution in [1.82, 2.24) is 10.6 Å². The van der Waals surface area contributed by atoms with Crippen LogP contribution in [0.2, 0.25) is 0 Å². The molecule has 0 heterocycles. The number of aliphatic hydroxyl groups excluding tert-OH is 1. The van der Waals surface area contributed by atoms with Gasteiger partial charge in [0.2, 0.25) is 0 Å². The third-order valence-corrected chi connectivity index (χ3v) is 5.32. The lowest BCUT2D eigenvalue weighted by Gasteiger charge is -2.40. The molecule has 0 aromatic heterocycles. The van der Waals surface area contributed by atoms with Crippen molar-refractivity contribution in [3.63, 3.8) is 0 Å². The van der Waals surface area contributed by atoms with Crippen LogP contribution in [0, 0.1) is 11.3 Å². The summed E-state index contributed by atoms with van der Waals surface area (Å²) < 4.78 is 5.46. The fourth-order valence-corrected chi connectivity index (χ4v) is 3.45. The van der Waals surface area contributed by atoms with Gasteiger partial charge in [-0.1, -0.05) is 38.1 Å². The number of urea groups is 1. The molecule has 1 saturated carbocycles. The molecule has 1 aromatic rings. The number of carbonyl (C=O) groups is 1. The lowest BCUT2D eigenvalue weighted by molar-refractivity contribution is 0.0336. The number of hydrogen-bond donors (Lipinski definition) is 3. The van der Waals surface area contributed by atoms with Gasteiger partial charge in [0.05, 0.1) is 18.8 Å². The summed E-state index contributed by atoms with van der Waals surface area (Å²) in [4.78, 5) is 12.3. The largest absolute Gasteiger partial charge is 0.389 e. The first-order valence-electron chi connectivity index (χ1n) is 9.33. The lowest BCUT2D eigenvalue weighted by atomic mass is 9.70. The van der Waals surface area contributed by atoms with Gasteiger partial charge in [0.15, 0.2) is 0 Å². The topological polar surface area (TPSA) is 70.6 Å². The molecule has 138 valence electrons. The van der Waals surface area contributed by atoms with Crippen LogP contribution >= 0.6 is 0 Å². The molecule has 1 aromatic carbocycles. The van der Waals surface area contributed by atoms with Crippen LogP contribution in [0.5, 0.6) is 0 Å². The van der Waals surface area contributed by atoms with E-state index in [0.717, 1.165) is 19.4 Å². The number of amides is 2. The normalized spacial score (nSPS) is 22.8. The van der Waals surface area contributed by atoms with Gasteiger partial charge < -0.3 is 20.5 Å². The summed E-state index contributed by atoms with van der Waals surface area (Å²) in [5, 5.41) is 15.8. The molecule has 0 saturated heterocycles. The summed E-state index contributed by atoms with van der Waals surface area (Å²) in [6.45, 7) is 5.57. The Bertz CT molecular complexity index is 598. The standard InChI is InChI=1S/C20H30N2O3/c1-20(2)10-9-15-5-3-4-6-17(15)18(20)22-19(24)21-11-16(23)13-25-12-14-7-8-14/h3-6,14,16,18,23H,7-13H2,1-2H3,(H2,21,22,24). The molecule has 0 aliphatic heterocycles. The van der Waals surface area contributed by atoms with E-state index < -0.39 is 6.10 Å². The number of benzene rings is 1. The van der Waals surface area contributed by atoms with Gasteiger partial charge in [-0.25, -0.2) is 4.79 Å². The maximum absolute atomic E-state index is 12.3. The third kappa shape index (κ3) is 4.95. The van der Waals surface area contributed by atoms with Crippen molar-refractivity contribution in [3.05, 3.63) is 35.4 Å². The Kier molecular flexibility index (Phi) is 5.64. The first-order valence-corrected chi connectivity index (χ1v) is 9.33. The third-order valence-electron chi connectivity index (χ3n) is 5.32. The molecule has 2 atom stereocenters. The summed E-state index contributed by atoms with van der Waals surface area (Å²) in [7, 11) is 0. The molecule has 3 rings (SSSR count). The van der Waals surface area contributed by atoms with Gasteiger partial charge in [0.1, 0.15) is 0 Å². The van der Waals surface area contributed by atoms with E-state index in [2.05, 4.69) is 36.6 Å². The summed E-state index contributed by atoms with van der Waals surface area (Å²) >= 11 is 0. The van der Waals surface area contributed by atoms with Crippen molar-refractivity contribution in [1.29, 1.82) is 0 Å². The van der Waals surface area contributed by atoms with E-state index in [4.69, 9.17) is 4.74 Å². The van der Waals surface area contributed by atoms with E-state index in [0.29, 0.717) is 5.92 Å². The minimum absolute atomic E-state index is 0.00230. The Morgan fingerprint density at radius 2 is 2.12 bits per heavy atom. The van der Waals surface area contributed by atoms with Crippen molar-refractivity contribution in [2.75, 3.05) is 19.8 Å². The van der Waals surface area contributed by atoms with Gasteiger partial charge in [-0.3, -0.25) is 0 Å². The monoisotopic (exact) mass is 346 g/mol. The number of ether oxygens (including phenoxy) is 1. The second-order valence-corrected chi connectivity index (χ2v) is 8.11. The Labute approximate surface area is 150 Å². The summed E-state index contributed by atoms with van der Waals surface area (Å²) in [6, 6.07) is 8.04. The van der Waals surface area contributed by atoms with Crippen LogP contribution in [-0.4, -0.2) is 37.0 Å². The predicted molar refractivity (Wildman–Crippen MR) is 97.4 cm³/mol. The van der Waals surface area contributed by atoms with Crippen LogP contribution in [-0.2, 0) is 11.2 Å². The van der Waals surface area contributed by atoms with Crippen LogP contribution in [0.4, 0.5) is 4.79 Å². The Morgan fingerprint density at radius 1 is 1.36 bits per heavy atom. The summed E-state index contributed by atoms with van der Waals surface area (Å²) in [5.74, 6) is 0.678. The number of nitrogens with one attached hydrogen (secondary N) is 2. The molecule has 1 fully saturated rings. The molecule has 0 spiro atoms. The maximum Gasteiger partial charge on any atom is 0.315 e. The number of aryl methyl sites for hydroxylation is 1. The summed E-state index contributed by atoms with van der Waals surface area (Å²) in [5.41, 5.74) is 2.50. The Hall–Kier alpha value is -1.59. The first kappa shape index (κ1) is 18.2. The highest BCUT2D eigenvalue weighted by Crippen LogP contribution is 2.43. The van der Waals surface area contributed by atoms with Crippen LogP contribution in [0.1, 0.15) is 50.3 Å². The van der Waals surface area contributed by atoms with E-state index in [1.807, 2.05) is 12.1 Å². The molecule has 0 bridgehead atoms.